The van der Waals surface area contributed by atoms with E-state index in [1.807, 2.05) is 0 Å². The molecule has 1 aromatic rings. The summed E-state index contributed by atoms with van der Waals surface area (Å²) in [6.07, 6.45) is 8.72. The first-order valence-corrected chi connectivity index (χ1v) is 12.2. The fourth-order valence-electron chi connectivity index (χ4n) is 8.29. The second kappa shape index (κ2) is 7.59. The van der Waals surface area contributed by atoms with Crippen molar-refractivity contribution >= 4 is 0 Å². The summed E-state index contributed by atoms with van der Waals surface area (Å²) in [4.78, 5) is 0. The molecule has 2 nitrogen and oxygen atoms in total. The lowest BCUT2D eigenvalue weighted by atomic mass is 9.45. The second-order valence-electron chi connectivity index (χ2n) is 11.3. The van der Waals surface area contributed by atoms with E-state index in [2.05, 4.69) is 18.6 Å². The summed E-state index contributed by atoms with van der Waals surface area (Å²) in [6.45, 7) is 5.07. The van der Waals surface area contributed by atoms with Crippen LogP contribution >= 0.6 is 0 Å². The minimum absolute atomic E-state index is 0.153. The molecule has 5 rings (SSSR count). The van der Waals surface area contributed by atoms with E-state index in [9.17, 15) is 13.2 Å². The molecular formula is C26H35F3O2. The third-order valence-corrected chi connectivity index (χ3v) is 9.67. The van der Waals surface area contributed by atoms with Crippen LogP contribution in [-0.2, 0) is 0 Å². The van der Waals surface area contributed by atoms with Crippen molar-refractivity contribution in [2.45, 2.75) is 90.5 Å². The van der Waals surface area contributed by atoms with E-state index in [4.69, 9.17) is 4.74 Å². The van der Waals surface area contributed by atoms with Gasteiger partial charge in [-0.25, -0.2) is 0 Å². The highest BCUT2D eigenvalue weighted by Gasteiger charge is 2.59. The quantitative estimate of drug-likeness (QED) is 0.482. The number of fused-ring (bicyclic) bond motifs is 5. The number of hydrogen-bond donors (Lipinski definition) is 0. The highest BCUT2D eigenvalue weighted by atomic mass is 19.4. The van der Waals surface area contributed by atoms with Gasteiger partial charge in [0.25, 0.3) is 0 Å². The number of halogens is 3. The molecule has 4 aliphatic rings. The maximum absolute atomic E-state index is 12.4. The summed E-state index contributed by atoms with van der Waals surface area (Å²) < 4.78 is 47.5. The van der Waals surface area contributed by atoms with Crippen molar-refractivity contribution in [3.05, 3.63) is 24.3 Å². The van der Waals surface area contributed by atoms with Crippen LogP contribution in [0.5, 0.6) is 11.5 Å². The number of rotatable bonds is 3. The van der Waals surface area contributed by atoms with Crippen molar-refractivity contribution in [3.8, 4) is 11.5 Å². The highest BCUT2D eigenvalue weighted by molar-refractivity contribution is 5.31. The zero-order valence-electron chi connectivity index (χ0n) is 18.7. The van der Waals surface area contributed by atoms with Gasteiger partial charge in [-0.3, -0.25) is 0 Å². The average molecular weight is 437 g/mol. The van der Waals surface area contributed by atoms with Gasteiger partial charge in [0, 0.05) is 0 Å². The van der Waals surface area contributed by atoms with Crippen LogP contribution in [0.3, 0.4) is 0 Å². The Morgan fingerprint density at radius 3 is 2.35 bits per heavy atom. The number of hydrogen-bond acceptors (Lipinski definition) is 2. The fourth-order valence-corrected chi connectivity index (χ4v) is 8.29. The Hall–Kier alpha value is -1.39. The number of ether oxygens (including phenoxy) is 2. The van der Waals surface area contributed by atoms with Crippen molar-refractivity contribution in [2.24, 2.45) is 34.5 Å². The molecule has 0 saturated heterocycles. The highest BCUT2D eigenvalue weighted by Crippen LogP contribution is 2.66. The van der Waals surface area contributed by atoms with Gasteiger partial charge in [0.1, 0.15) is 11.5 Å². The maximum atomic E-state index is 12.4. The normalized spacial score (nSPS) is 42.3. The smallest absolute Gasteiger partial charge is 0.490 e. The molecule has 7 atom stereocenters. The first-order chi connectivity index (χ1) is 14.7. The molecule has 0 spiro atoms. The third kappa shape index (κ3) is 3.95. The summed E-state index contributed by atoms with van der Waals surface area (Å²) in [5.74, 6) is 3.76. The molecule has 0 N–H and O–H groups in total. The van der Waals surface area contributed by atoms with E-state index in [1.54, 1.807) is 12.1 Å². The zero-order chi connectivity index (χ0) is 21.9. The number of benzene rings is 1. The average Bonchev–Trinajstić information content (AvgIpc) is 3.04. The molecule has 0 bridgehead atoms. The van der Waals surface area contributed by atoms with Gasteiger partial charge in [0.2, 0.25) is 0 Å². The summed E-state index contributed by atoms with van der Waals surface area (Å²) in [5.41, 5.74) is 0.874. The lowest BCUT2D eigenvalue weighted by Crippen LogP contribution is -2.51. The molecular weight excluding hydrogens is 401 g/mol. The minimum Gasteiger partial charge on any atom is -0.490 e. The molecule has 1 aromatic carbocycles. The van der Waals surface area contributed by atoms with Crippen molar-refractivity contribution in [2.75, 3.05) is 0 Å². The molecule has 0 radical (unpaired) electrons. The monoisotopic (exact) mass is 436 g/mol. The Morgan fingerprint density at radius 1 is 0.871 bits per heavy atom. The van der Waals surface area contributed by atoms with Gasteiger partial charge in [-0.05, 0) is 110 Å². The van der Waals surface area contributed by atoms with Gasteiger partial charge in [0.05, 0.1) is 6.10 Å². The number of alkyl halides is 3. The molecule has 0 unspecified atom stereocenters. The summed E-state index contributed by atoms with van der Waals surface area (Å²) in [7, 11) is 0. The molecule has 4 fully saturated rings. The summed E-state index contributed by atoms with van der Waals surface area (Å²) in [6, 6.07) is 5.88. The summed E-state index contributed by atoms with van der Waals surface area (Å²) >= 11 is 0. The molecule has 31 heavy (non-hydrogen) atoms. The lowest BCUT2D eigenvalue weighted by molar-refractivity contribution is -0.274. The van der Waals surface area contributed by atoms with Crippen LogP contribution in [0.15, 0.2) is 24.3 Å². The first kappa shape index (κ1) is 21.5. The van der Waals surface area contributed by atoms with E-state index in [-0.39, 0.29) is 11.9 Å². The third-order valence-electron chi connectivity index (χ3n) is 9.67. The van der Waals surface area contributed by atoms with E-state index in [0.29, 0.717) is 22.5 Å². The minimum atomic E-state index is -4.66. The molecule has 0 aromatic heterocycles. The van der Waals surface area contributed by atoms with Gasteiger partial charge in [-0.1, -0.05) is 26.7 Å². The Morgan fingerprint density at radius 2 is 1.61 bits per heavy atom. The predicted molar refractivity (Wildman–Crippen MR) is 114 cm³/mol. The molecule has 0 heterocycles. The first-order valence-electron chi connectivity index (χ1n) is 12.2. The Labute approximate surface area is 183 Å². The topological polar surface area (TPSA) is 18.5 Å². The largest absolute Gasteiger partial charge is 0.573 e. The second-order valence-corrected chi connectivity index (χ2v) is 11.3. The molecule has 5 heteroatoms. The van der Waals surface area contributed by atoms with Crippen LogP contribution in [0.4, 0.5) is 13.2 Å². The standard InChI is InChI=1S/C26H35F3O2/c1-24-14-12-22-21(11-6-17-5-3-4-13-25(17,22)2)23(24)15-20(16-24)30-18-7-9-19(10-8-18)31-26(27,28)29/h7-10,17,20-23H,3-6,11-16H2,1-2H3/t17-,20+,21-,22+,23+,24-,25+/m1/s1. The molecule has 172 valence electrons. The maximum Gasteiger partial charge on any atom is 0.573 e. The van der Waals surface area contributed by atoms with Gasteiger partial charge in [-0.2, -0.15) is 0 Å². The SMILES string of the molecule is C[C@]12CC[C@H]3[C@@H](CC[C@H]4CCCC[C@@]43C)[C@@H]1C[C@H](Oc1ccc(OC(F)(F)F)cc1)C2. The van der Waals surface area contributed by atoms with Crippen LogP contribution in [0.1, 0.15) is 78.1 Å². The van der Waals surface area contributed by atoms with Gasteiger partial charge in [-0.15, -0.1) is 13.2 Å². The molecule has 4 aliphatic carbocycles. The van der Waals surface area contributed by atoms with Crippen LogP contribution in [0.2, 0.25) is 0 Å². The van der Waals surface area contributed by atoms with Crippen molar-refractivity contribution in [1.29, 1.82) is 0 Å². The molecule has 0 aliphatic heterocycles. The molecule has 4 saturated carbocycles. The zero-order valence-corrected chi connectivity index (χ0v) is 18.7. The van der Waals surface area contributed by atoms with Crippen LogP contribution in [-0.4, -0.2) is 12.5 Å². The predicted octanol–water partition coefficient (Wildman–Crippen LogP) is 7.77. The van der Waals surface area contributed by atoms with E-state index < -0.39 is 6.36 Å². The van der Waals surface area contributed by atoms with Gasteiger partial charge >= 0.3 is 6.36 Å². The molecule has 0 amide bonds. The summed E-state index contributed by atoms with van der Waals surface area (Å²) in [5, 5.41) is 0. The Bertz CT molecular complexity index is 791. The van der Waals surface area contributed by atoms with Gasteiger partial charge < -0.3 is 9.47 Å². The lowest BCUT2D eigenvalue weighted by Gasteiger charge is -2.59. The van der Waals surface area contributed by atoms with Crippen molar-refractivity contribution in [3.63, 3.8) is 0 Å². The Balaban J connectivity index is 1.27. The van der Waals surface area contributed by atoms with E-state index in [0.717, 1.165) is 30.6 Å². The van der Waals surface area contributed by atoms with Gasteiger partial charge in [0.15, 0.2) is 0 Å². The van der Waals surface area contributed by atoms with Crippen LogP contribution in [0, 0.1) is 34.5 Å². The van der Waals surface area contributed by atoms with E-state index in [1.165, 1.54) is 63.5 Å². The Kier molecular flexibility index (Phi) is 5.25. The fraction of sp³-hybridized carbons (Fsp3) is 0.769. The van der Waals surface area contributed by atoms with Crippen molar-refractivity contribution < 1.29 is 22.6 Å². The van der Waals surface area contributed by atoms with Crippen LogP contribution in [0.25, 0.3) is 0 Å². The van der Waals surface area contributed by atoms with Crippen molar-refractivity contribution in [1.82, 2.24) is 0 Å². The van der Waals surface area contributed by atoms with E-state index >= 15 is 0 Å². The van der Waals surface area contributed by atoms with Crippen LogP contribution < -0.4 is 9.47 Å².